The summed E-state index contributed by atoms with van der Waals surface area (Å²) in [7, 11) is 0. The summed E-state index contributed by atoms with van der Waals surface area (Å²) in [6, 6.07) is 8.72. The van der Waals surface area contributed by atoms with Gasteiger partial charge in [0.25, 0.3) is 5.91 Å². The summed E-state index contributed by atoms with van der Waals surface area (Å²) in [5.41, 5.74) is -1.79. The third kappa shape index (κ3) is 4.28. The molecule has 2 amide bonds. The molecule has 2 N–H and O–H groups in total. The zero-order chi connectivity index (χ0) is 16.9. The van der Waals surface area contributed by atoms with Crippen LogP contribution in [0.3, 0.4) is 0 Å². The first kappa shape index (κ1) is 16.9. The van der Waals surface area contributed by atoms with Crippen molar-refractivity contribution in [2.45, 2.75) is 24.9 Å². The number of halogens is 1. The van der Waals surface area contributed by atoms with E-state index in [-0.39, 0.29) is 31.2 Å². The van der Waals surface area contributed by atoms with Crippen LogP contribution in [0.5, 0.6) is 0 Å². The molecule has 1 aliphatic rings. The standard InChI is InChI=1S/C16H19FN2O4/c17-16(15(22)23)8-10-19(11-16)13(20)7-4-9-18-14(21)12-5-2-1-3-6-12/h1-3,5-6H,4,7-11H2,(H,18,21)(H,22,23). The lowest BCUT2D eigenvalue weighted by molar-refractivity contribution is -0.150. The molecule has 1 aromatic rings. The number of amides is 2. The van der Waals surface area contributed by atoms with Gasteiger partial charge in [-0.05, 0) is 18.6 Å². The Kier molecular flexibility index (Phi) is 5.31. The number of carbonyl (C=O) groups is 3. The largest absolute Gasteiger partial charge is 0.479 e. The second-order valence-electron chi connectivity index (χ2n) is 5.56. The van der Waals surface area contributed by atoms with E-state index in [1.807, 2.05) is 6.07 Å². The fourth-order valence-corrected chi connectivity index (χ4v) is 2.45. The lowest BCUT2D eigenvalue weighted by Crippen LogP contribution is -2.39. The maximum Gasteiger partial charge on any atom is 0.343 e. The van der Waals surface area contributed by atoms with Gasteiger partial charge in [0.2, 0.25) is 11.6 Å². The SMILES string of the molecule is O=C(NCCCC(=O)N1CCC(F)(C(=O)O)C1)c1ccccc1. The van der Waals surface area contributed by atoms with E-state index in [9.17, 15) is 18.8 Å². The highest BCUT2D eigenvalue weighted by atomic mass is 19.1. The van der Waals surface area contributed by atoms with E-state index in [2.05, 4.69) is 5.32 Å². The molecule has 1 heterocycles. The molecule has 1 atom stereocenters. The number of hydrogen-bond acceptors (Lipinski definition) is 3. The third-order valence-electron chi connectivity index (χ3n) is 3.84. The minimum atomic E-state index is -2.34. The minimum Gasteiger partial charge on any atom is -0.479 e. The Balaban J connectivity index is 1.70. The molecule has 1 unspecified atom stereocenters. The second kappa shape index (κ2) is 7.21. The highest BCUT2D eigenvalue weighted by Gasteiger charge is 2.46. The molecule has 124 valence electrons. The first-order chi connectivity index (χ1) is 10.9. The van der Waals surface area contributed by atoms with Gasteiger partial charge in [-0.15, -0.1) is 0 Å². The molecule has 0 aliphatic carbocycles. The normalized spacial score (nSPS) is 20.3. The molecule has 6 nitrogen and oxygen atoms in total. The Morgan fingerprint density at radius 3 is 2.57 bits per heavy atom. The van der Waals surface area contributed by atoms with Gasteiger partial charge in [-0.25, -0.2) is 9.18 Å². The van der Waals surface area contributed by atoms with Crippen molar-refractivity contribution in [3.8, 4) is 0 Å². The summed E-state index contributed by atoms with van der Waals surface area (Å²) >= 11 is 0. The van der Waals surface area contributed by atoms with E-state index in [0.717, 1.165) is 0 Å². The van der Waals surface area contributed by atoms with Crippen LogP contribution in [-0.2, 0) is 9.59 Å². The number of nitrogens with one attached hydrogen (secondary N) is 1. The van der Waals surface area contributed by atoms with Gasteiger partial charge >= 0.3 is 5.97 Å². The zero-order valence-corrected chi connectivity index (χ0v) is 12.6. The molecule has 2 rings (SSSR count). The summed E-state index contributed by atoms with van der Waals surface area (Å²) in [5, 5.41) is 11.5. The van der Waals surface area contributed by atoms with Crippen molar-refractivity contribution in [2.75, 3.05) is 19.6 Å². The average Bonchev–Trinajstić information content (AvgIpc) is 2.96. The van der Waals surface area contributed by atoms with E-state index in [1.165, 1.54) is 4.90 Å². The highest BCUT2D eigenvalue weighted by Crippen LogP contribution is 2.26. The van der Waals surface area contributed by atoms with Crippen LogP contribution in [0, 0.1) is 0 Å². The van der Waals surface area contributed by atoms with Crippen molar-refractivity contribution in [3.05, 3.63) is 35.9 Å². The van der Waals surface area contributed by atoms with E-state index >= 15 is 0 Å². The number of nitrogens with zero attached hydrogens (tertiary/aromatic N) is 1. The minimum absolute atomic E-state index is 0.109. The number of carboxylic acid groups (broad SMARTS) is 1. The van der Waals surface area contributed by atoms with Crippen molar-refractivity contribution < 1.29 is 23.9 Å². The summed E-state index contributed by atoms with van der Waals surface area (Å²) in [4.78, 5) is 35.7. The van der Waals surface area contributed by atoms with Gasteiger partial charge < -0.3 is 15.3 Å². The van der Waals surface area contributed by atoms with Crippen molar-refractivity contribution in [1.82, 2.24) is 10.2 Å². The lowest BCUT2D eigenvalue weighted by Gasteiger charge is -2.17. The summed E-state index contributed by atoms with van der Waals surface area (Å²) in [6.45, 7) is 0.0303. The van der Waals surface area contributed by atoms with E-state index in [0.29, 0.717) is 18.5 Å². The third-order valence-corrected chi connectivity index (χ3v) is 3.84. The van der Waals surface area contributed by atoms with Crippen LogP contribution < -0.4 is 5.32 Å². The number of carboxylic acids is 1. The smallest absolute Gasteiger partial charge is 0.343 e. The molecule has 0 spiro atoms. The number of alkyl halides is 1. The molecular weight excluding hydrogens is 303 g/mol. The molecule has 0 saturated carbocycles. The van der Waals surface area contributed by atoms with Gasteiger partial charge in [-0.2, -0.15) is 0 Å². The van der Waals surface area contributed by atoms with Crippen molar-refractivity contribution in [3.63, 3.8) is 0 Å². The second-order valence-corrected chi connectivity index (χ2v) is 5.56. The van der Waals surface area contributed by atoms with Gasteiger partial charge in [0.05, 0.1) is 6.54 Å². The van der Waals surface area contributed by atoms with Gasteiger partial charge in [0, 0.05) is 31.5 Å². The Bertz CT molecular complexity index is 593. The molecule has 1 fully saturated rings. The monoisotopic (exact) mass is 322 g/mol. The first-order valence-electron chi connectivity index (χ1n) is 7.46. The average molecular weight is 322 g/mol. The van der Waals surface area contributed by atoms with Crippen molar-refractivity contribution in [2.24, 2.45) is 0 Å². The van der Waals surface area contributed by atoms with Crippen molar-refractivity contribution in [1.29, 1.82) is 0 Å². The maximum atomic E-state index is 13.9. The zero-order valence-electron chi connectivity index (χ0n) is 12.6. The van der Waals surface area contributed by atoms with E-state index < -0.39 is 18.2 Å². The molecule has 0 bridgehead atoms. The number of benzene rings is 1. The molecule has 1 saturated heterocycles. The van der Waals surface area contributed by atoms with Crippen LogP contribution in [0.4, 0.5) is 4.39 Å². The molecule has 0 radical (unpaired) electrons. The van der Waals surface area contributed by atoms with Gasteiger partial charge in [-0.1, -0.05) is 18.2 Å². The van der Waals surface area contributed by atoms with Gasteiger partial charge in [0.1, 0.15) is 0 Å². The lowest BCUT2D eigenvalue weighted by atomic mass is 10.1. The van der Waals surface area contributed by atoms with E-state index in [1.54, 1.807) is 24.3 Å². The molecule has 23 heavy (non-hydrogen) atoms. The first-order valence-corrected chi connectivity index (χ1v) is 7.46. The number of carbonyl (C=O) groups excluding carboxylic acids is 2. The summed E-state index contributed by atoms with van der Waals surface area (Å²) < 4.78 is 13.9. The quantitative estimate of drug-likeness (QED) is 0.771. The highest BCUT2D eigenvalue weighted by molar-refractivity contribution is 5.94. The van der Waals surface area contributed by atoms with Gasteiger partial charge in [-0.3, -0.25) is 9.59 Å². The van der Waals surface area contributed by atoms with Crippen LogP contribution in [0.2, 0.25) is 0 Å². The number of rotatable bonds is 6. The topological polar surface area (TPSA) is 86.7 Å². The molecule has 1 aliphatic heterocycles. The predicted octanol–water partition coefficient (Wildman–Crippen LogP) is 1.22. The molecular formula is C16H19FN2O4. The Morgan fingerprint density at radius 1 is 1.26 bits per heavy atom. The van der Waals surface area contributed by atoms with Crippen LogP contribution in [-0.4, -0.2) is 53.1 Å². The Hall–Kier alpha value is -2.44. The van der Waals surface area contributed by atoms with Crippen LogP contribution in [0.1, 0.15) is 29.6 Å². The summed E-state index contributed by atoms with van der Waals surface area (Å²) in [5.74, 6) is -2.03. The Labute approximate surface area is 133 Å². The maximum absolute atomic E-state index is 13.9. The predicted molar refractivity (Wildman–Crippen MR) is 80.7 cm³/mol. The fraction of sp³-hybridized carbons (Fsp3) is 0.438. The number of likely N-dealkylation sites (tertiary alicyclic amines) is 1. The molecule has 7 heteroatoms. The van der Waals surface area contributed by atoms with Crippen molar-refractivity contribution >= 4 is 17.8 Å². The number of hydrogen-bond donors (Lipinski definition) is 2. The van der Waals surface area contributed by atoms with Crippen LogP contribution in [0.25, 0.3) is 0 Å². The number of aliphatic carboxylic acids is 1. The molecule has 1 aromatic carbocycles. The molecule has 0 aromatic heterocycles. The van der Waals surface area contributed by atoms with Crippen LogP contribution in [0.15, 0.2) is 30.3 Å². The van der Waals surface area contributed by atoms with Gasteiger partial charge in [0.15, 0.2) is 0 Å². The fourth-order valence-electron chi connectivity index (χ4n) is 2.45. The Morgan fingerprint density at radius 2 is 1.96 bits per heavy atom. The van der Waals surface area contributed by atoms with E-state index in [4.69, 9.17) is 5.11 Å². The van der Waals surface area contributed by atoms with Crippen LogP contribution >= 0.6 is 0 Å². The summed E-state index contributed by atoms with van der Waals surface area (Å²) in [6.07, 6.45) is 0.379.